The van der Waals surface area contributed by atoms with E-state index in [0.29, 0.717) is 5.56 Å². The van der Waals surface area contributed by atoms with Gasteiger partial charge in [0.15, 0.2) is 0 Å². The average Bonchev–Trinajstić information content (AvgIpc) is 3.07. The molecule has 1 aromatic carbocycles. The van der Waals surface area contributed by atoms with Gasteiger partial charge in [-0.3, -0.25) is 4.79 Å². The van der Waals surface area contributed by atoms with Crippen molar-refractivity contribution in [2.45, 2.75) is 62.7 Å². The summed E-state index contributed by atoms with van der Waals surface area (Å²) in [5.74, 6) is -0.256. The van der Waals surface area contributed by atoms with Crippen molar-refractivity contribution in [3.05, 3.63) is 28.8 Å². The Labute approximate surface area is 159 Å². The maximum Gasteiger partial charge on any atom is 0.251 e. The summed E-state index contributed by atoms with van der Waals surface area (Å²) in [6.07, 6.45) is 3.77. The SMILES string of the molecule is C[C@H]1CN(S(=O)(=O)c2cc(C(=O)NC3CCCC3)ccc2Cl)C[C@H](C)O1. The second-order valence-electron chi connectivity index (χ2n) is 7.18. The van der Waals surface area contributed by atoms with Crippen LogP contribution in [0.15, 0.2) is 23.1 Å². The van der Waals surface area contributed by atoms with E-state index in [1.54, 1.807) is 6.07 Å². The summed E-state index contributed by atoms with van der Waals surface area (Å²) in [6.45, 7) is 4.21. The van der Waals surface area contributed by atoms with Crippen LogP contribution in [-0.4, -0.2) is 50.0 Å². The van der Waals surface area contributed by atoms with E-state index in [9.17, 15) is 13.2 Å². The number of carbonyl (C=O) groups is 1. The van der Waals surface area contributed by atoms with Crippen LogP contribution in [0, 0.1) is 0 Å². The zero-order valence-electron chi connectivity index (χ0n) is 15.1. The zero-order valence-corrected chi connectivity index (χ0v) is 16.6. The highest BCUT2D eigenvalue weighted by Gasteiger charge is 2.34. The Hall–Kier alpha value is -1.15. The van der Waals surface area contributed by atoms with Gasteiger partial charge in [0.05, 0.1) is 17.2 Å². The molecule has 1 amide bonds. The van der Waals surface area contributed by atoms with Crippen LogP contribution in [0.5, 0.6) is 0 Å². The predicted molar refractivity (Wildman–Crippen MR) is 99.9 cm³/mol. The summed E-state index contributed by atoms with van der Waals surface area (Å²) in [4.78, 5) is 12.5. The molecule has 0 aromatic heterocycles. The zero-order chi connectivity index (χ0) is 18.9. The molecule has 8 heteroatoms. The van der Waals surface area contributed by atoms with Crippen molar-refractivity contribution in [1.82, 2.24) is 9.62 Å². The number of nitrogens with one attached hydrogen (secondary N) is 1. The number of halogens is 1. The molecule has 1 N–H and O–H groups in total. The number of carbonyl (C=O) groups excluding carboxylic acids is 1. The van der Waals surface area contributed by atoms with Crippen molar-refractivity contribution < 1.29 is 17.9 Å². The number of ether oxygens (including phenoxy) is 1. The molecule has 2 aliphatic rings. The maximum absolute atomic E-state index is 13.1. The summed E-state index contributed by atoms with van der Waals surface area (Å²) in [7, 11) is -3.80. The molecule has 1 heterocycles. The topological polar surface area (TPSA) is 75.7 Å². The quantitative estimate of drug-likeness (QED) is 0.843. The lowest BCUT2D eigenvalue weighted by Crippen LogP contribution is -2.48. The van der Waals surface area contributed by atoms with E-state index in [1.807, 2.05) is 13.8 Å². The van der Waals surface area contributed by atoms with Crippen LogP contribution in [0.2, 0.25) is 5.02 Å². The summed E-state index contributed by atoms with van der Waals surface area (Å²) >= 11 is 6.18. The molecule has 1 saturated heterocycles. The Bertz CT molecular complexity index is 767. The minimum absolute atomic E-state index is 0.0282. The Kier molecular flexibility index (Phi) is 5.91. The minimum Gasteiger partial charge on any atom is -0.373 e. The van der Waals surface area contributed by atoms with Crippen LogP contribution in [0.4, 0.5) is 0 Å². The summed E-state index contributed by atoms with van der Waals surface area (Å²) in [5, 5.41) is 3.10. The summed E-state index contributed by atoms with van der Waals surface area (Å²) in [5.41, 5.74) is 0.314. The van der Waals surface area contributed by atoms with Crippen molar-refractivity contribution in [2.75, 3.05) is 13.1 Å². The normalized spacial score (nSPS) is 25.3. The molecule has 26 heavy (non-hydrogen) atoms. The average molecular weight is 401 g/mol. The van der Waals surface area contributed by atoms with Gasteiger partial charge in [-0.2, -0.15) is 4.31 Å². The van der Waals surface area contributed by atoms with E-state index in [4.69, 9.17) is 16.3 Å². The molecule has 0 spiro atoms. The second kappa shape index (κ2) is 7.84. The number of sulfonamides is 1. The van der Waals surface area contributed by atoms with Crippen LogP contribution in [0.3, 0.4) is 0 Å². The number of benzene rings is 1. The van der Waals surface area contributed by atoms with Crippen molar-refractivity contribution in [2.24, 2.45) is 0 Å². The van der Waals surface area contributed by atoms with Crippen LogP contribution in [-0.2, 0) is 14.8 Å². The van der Waals surface area contributed by atoms with Crippen molar-refractivity contribution in [3.63, 3.8) is 0 Å². The summed E-state index contributed by atoms with van der Waals surface area (Å²) in [6, 6.07) is 4.59. The molecular weight excluding hydrogens is 376 g/mol. The predicted octanol–water partition coefficient (Wildman–Crippen LogP) is 2.81. The van der Waals surface area contributed by atoms with Crippen molar-refractivity contribution >= 4 is 27.5 Å². The Balaban J connectivity index is 1.85. The highest BCUT2D eigenvalue weighted by molar-refractivity contribution is 7.89. The van der Waals surface area contributed by atoms with Gasteiger partial charge in [-0.25, -0.2) is 8.42 Å². The van der Waals surface area contributed by atoms with Gasteiger partial charge in [-0.1, -0.05) is 24.4 Å². The van der Waals surface area contributed by atoms with Gasteiger partial charge in [0.1, 0.15) is 4.90 Å². The third-order valence-electron chi connectivity index (χ3n) is 4.89. The number of morpholine rings is 1. The van der Waals surface area contributed by atoms with Crippen LogP contribution >= 0.6 is 11.6 Å². The Morgan fingerprint density at radius 3 is 2.42 bits per heavy atom. The largest absolute Gasteiger partial charge is 0.373 e. The standard InChI is InChI=1S/C18H25ClN2O4S/c1-12-10-21(11-13(2)25-12)26(23,24)17-9-14(7-8-16(17)19)18(22)20-15-5-3-4-6-15/h7-9,12-13,15H,3-6,10-11H2,1-2H3,(H,20,22)/t12-,13-/m0/s1. The molecule has 0 radical (unpaired) electrons. The van der Waals surface area contributed by atoms with Gasteiger partial charge >= 0.3 is 0 Å². The first kappa shape index (κ1) is 19.6. The third kappa shape index (κ3) is 4.22. The van der Waals surface area contributed by atoms with Gasteiger partial charge in [0.2, 0.25) is 10.0 Å². The lowest BCUT2D eigenvalue weighted by atomic mass is 10.2. The van der Waals surface area contributed by atoms with E-state index in [1.165, 1.54) is 16.4 Å². The molecule has 1 saturated carbocycles. The van der Waals surface area contributed by atoms with E-state index >= 15 is 0 Å². The van der Waals surface area contributed by atoms with Gasteiger partial charge in [-0.05, 0) is 44.9 Å². The maximum atomic E-state index is 13.1. The molecule has 1 aliphatic carbocycles. The van der Waals surface area contributed by atoms with E-state index in [2.05, 4.69) is 5.32 Å². The van der Waals surface area contributed by atoms with Crippen LogP contribution in [0.1, 0.15) is 49.9 Å². The monoisotopic (exact) mass is 400 g/mol. The molecule has 2 fully saturated rings. The Morgan fingerprint density at radius 2 is 1.81 bits per heavy atom. The first-order valence-corrected chi connectivity index (χ1v) is 10.8. The highest BCUT2D eigenvalue weighted by Crippen LogP contribution is 2.28. The van der Waals surface area contributed by atoms with Crippen LogP contribution < -0.4 is 5.32 Å². The second-order valence-corrected chi connectivity index (χ2v) is 9.49. The van der Waals surface area contributed by atoms with Gasteiger partial charge in [-0.15, -0.1) is 0 Å². The molecule has 1 aliphatic heterocycles. The smallest absolute Gasteiger partial charge is 0.251 e. The number of hydrogen-bond donors (Lipinski definition) is 1. The van der Waals surface area contributed by atoms with Gasteiger partial charge in [0.25, 0.3) is 5.91 Å². The lowest BCUT2D eigenvalue weighted by molar-refractivity contribution is -0.0440. The molecule has 0 bridgehead atoms. The fourth-order valence-corrected chi connectivity index (χ4v) is 5.74. The van der Waals surface area contributed by atoms with E-state index in [-0.39, 0.29) is 47.2 Å². The third-order valence-corrected chi connectivity index (χ3v) is 7.20. The van der Waals surface area contributed by atoms with Crippen molar-refractivity contribution in [1.29, 1.82) is 0 Å². The first-order valence-electron chi connectivity index (χ1n) is 9.03. The minimum atomic E-state index is -3.80. The first-order chi connectivity index (χ1) is 12.3. The molecule has 1 aromatic rings. The Morgan fingerprint density at radius 1 is 1.19 bits per heavy atom. The molecule has 2 atom stereocenters. The fraction of sp³-hybridized carbons (Fsp3) is 0.611. The van der Waals surface area contributed by atoms with Gasteiger partial charge < -0.3 is 10.1 Å². The molecule has 144 valence electrons. The number of rotatable bonds is 4. The lowest BCUT2D eigenvalue weighted by Gasteiger charge is -2.34. The fourth-order valence-electron chi connectivity index (χ4n) is 3.65. The molecule has 6 nitrogen and oxygen atoms in total. The number of hydrogen-bond acceptors (Lipinski definition) is 4. The molecule has 0 unspecified atom stereocenters. The van der Waals surface area contributed by atoms with E-state index < -0.39 is 10.0 Å². The van der Waals surface area contributed by atoms with Crippen LogP contribution in [0.25, 0.3) is 0 Å². The van der Waals surface area contributed by atoms with E-state index in [0.717, 1.165) is 25.7 Å². The summed E-state index contributed by atoms with van der Waals surface area (Å²) < 4.78 is 33.1. The van der Waals surface area contributed by atoms with Gasteiger partial charge in [0, 0.05) is 24.7 Å². The number of nitrogens with zero attached hydrogens (tertiary/aromatic N) is 1. The molecular formula is C18H25ClN2O4S. The highest BCUT2D eigenvalue weighted by atomic mass is 35.5. The van der Waals surface area contributed by atoms with Crippen molar-refractivity contribution in [3.8, 4) is 0 Å². The number of amides is 1. The molecule has 3 rings (SSSR count).